The summed E-state index contributed by atoms with van der Waals surface area (Å²) in [5, 5.41) is 3.91. The minimum atomic E-state index is -0.119. The van der Waals surface area contributed by atoms with Crippen LogP contribution in [-0.4, -0.2) is 17.4 Å². The Kier molecular flexibility index (Phi) is 5.29. The lowest BCUT2D eigenvalue weighted by Crippen LogP contribution is -2.26. The molecule has 25 heavy (non-hydrogen) atoms. The molecule has 0 fully saturated rings. The highest BCUT2D eigenvalue weighted by Gasteiger charge is 2.06. The van der Waals surface area contributed by atoms with Crippen molar-refractivity contribution in [2.75, 3.05) is 6.54 Å². The molecule has 0 atom stereocenters. The van der Waals surface area contributed by atoms with E-state index in [0.29, 0.717) is 24.9 Å². The van der Waals surface area contributed by atoms with Crippen molar-refractivity contribution in [1.29, 1.82) is 0 Å². The van der Waals surface area contributed by atoms with Gasteiger partial charge in [-0.15, -0.1) is 0 Å². The second-order valence-electron chi connectivity index (χ2n) is 6.30. The Hall–Kier alpha value is -2.88. The summed E-state index contributed by atoms with van der Waals surface area (Å²) in [4.78, 5) is 27.0. The minimum Gasteiger partial charge on any atom is -0.356 e. The number of aromatic amines is 1. The van der Waals surface area contributed by atoms with Gasteiger partial charge in [0.1, 0.15) is 0 Å². The van der Waals surface area contributed by atoms with Crippen LogP contribution in [0.5, 0.6) is 0 Å². The molecule has 0 aliphatic heterocycles. The predicted molar refractivity (Wildman–Crippen MR) is 101 cm³/mol. The van der Waals surface area contributed by atoms with Crippen molar-refractivity contribution in [3.63, 3.8) is 0 Å². The van der Waals surface area contributed by atoms with Crippen molar-refractivity contribution in [1.82, 2.24) is 10.3 Å². The maximum absolute atomic E-state index is 12.1. The Morgan fingerprint density at radius 1 is 1.04 bits per heavy atom. The molecule has 2 N–H and O–H groups in total. The lowest BCUT2D eigenvalue weighted by Gasteiger charge is -2.07. The number of aryl methyl sites for hydroxylation is 2. The molecule has 2 aromatic carbocycles. The third kappa shape index (κ3) is 4.57. The molecule has 0 unspecified atom stereocenters. The van der Waals surface area contributed by atoms with E-state index in [1.54, 1.807) is 0 Å². The van der Waals surface area contributed by atoms with Gasteiger partial charge in [0.25, 0.3) is 5.56 Å². The van der Waals surface area contributed by atoms with Crippen molar-refractivity contribution in [3.8, 4) is 0 Å². The van der Waals surface area contributed by atoms with Crippen molar-refractivity contribution in [2.24, 2.45) is 0 Å². The van der Waals surface area contributed by atoms with Gasteiger partial charge in [0.15, 0.2) is 0 Å². The molecule has 1 amide bonds. The van der Waals surface area contributed by atoms with E-state index in [-0.39, 0.29) is 11.5 Å². The highest BCUT2D eigenvalue weighted by molar-refractivity contribution is 5.79. The van der Waals surface area contributed by atoms with Crippen molar-refractivity contribution in [2.45, 2.75) is 26.2 Å². The summed E-state index contributed by atoms with van der Waals surface area (Å²) < 4.78 is 0. The van der Waals surface area contributed by atoms with E-state index in [0.717, 1.165) is 17.3 Å². The molecule has 1 heterocycles. The van der Waals surface area contributed by atoms with Gasteiger partial charge in [0, 0.05) is 24.0 Å². The van der Waals surface area contributed by atoms with Gasteiger partial charge in [-0.3, -0.25) is 9.59 Å². The second-order valence-corrected chi connectivity index (χ2v) is 6.30. The molecule has 3 rings (SSSR count). The van der Waals surface area contributed by atoms with Crippen LogP contribution in [0.25, 0.3) is 10.9 Å². The minimum absolute atomic E-state index is 0.0276. The average molecular weight is 334 g/mol. The first-order chi connectivity index (χ1) is 12.1. The summed E-state index contributed by atoms with van der Waals surface area (Å²) in [6.45, 7) is 2.67. The zero-order valence-electron chi connectivity index (χ0n) is 14.3. The molecule has 0 spiro atoms. The zero-order valence-corrected chi connectivity index (χ0v) is 14.3. The number of aromatic nitrogens is 1. The molecular formula is C21H22N2O2. The van der Waals surface area contributed by atoms with Gasteiger partial charge in [-0.1, -0.05) is 48.0 Å². The number of rotatable bonds is 6. The van der Waals surface area contributed by atoms with Crippen LogP contribution in [0, 0.1) is 6.92 Å². The van der Waals surface area contributed by atoms with Gasteiger partial charge >= 0.3 is 0 Å². The monoisotopic (exact) mass is 334 g/mol. The number of hydrogen-bond donors (Lipinski definition) is 2. The number of pyridine rings is 1. The second kappa shape index (κ2) is 7.79. The van der Waals surface area contributed by atoms with Gasteiger partial charge in [-0.25, -0.2) is 0 Å². The molecule has 3 aromatic rings. The fourth-order valence-electron chi connectivity index (χ4n) is 2.93. The maximum Gasteiger partial charge on any atom is 0.251 e. The van der Waals surface area contributed by atoms with Crippen LogP contribution < -0.4 is 10.9 Å². The first kappa shape index (κ1) is 17.0. The average Bonchev–Trinajstić information content (AvgIpc) is 2.60. The number of fused-ring (bicyclic) bond motifs is 1. The molecule has 1 aromatic heterocycles. The molecule has 0 bridgehead atoms. The normalized spacial score (nSPS) is 10.8. The first-order valence-electron chi connectivity index (χ1n) is 8.55. The lowest BCUT2D eigenvalue weighted by molar-refractivity contribution is -0.121. The van der Waals surface area contributed by atoms with E-state index < -0.39 is 0 Å². The number of amides is 1. The quantitative estimate of drug-likeness (QED) is 0.727. The van der Waals surface area contributed by atoms with E-state index in [2.05, 4.69) is 35.4 Å². The van der Waals surface area contributed by atoms with E-state index >= 15 is 0 Å². The predicted octanol–water partition coefficient (Wildman–Crippen LogP) is 3.13. The Morgan fingerprint density at radius 3 is 2.72 bits per heavy atom. The van der Waals surface area contributed by atoms with Crippen LogP contribution in [0.15, 0.2) is 59.4 Å². The Morgan fingerprint density at radius 2 is 1.88 bits per heavy atom. The standard InChI is InChI=1S/C21H22N2O2/c1-15-5-4-6-16(13-15)11-12-22-20(24)10-9-18-14-17-7-2-3-8-19(17)23-21(18)25/h2-8,13-14H,9-12H2,1H3,(H,22,24)(H,23,25). The summed E-state index contributed by atoms with van der Waals surface area (Å²) in [5.41, 5.74) is 3.78. The molecule has 128 valence electrons. The number of carbonyl (C=O) groups excluding carboxylic acids is 1. The highest BCUT2D eigenvalue weighted by Crippen LogP contribution is 2.11. The Labute approximate surface area is 146 Å². The highest BCUT2D eigenvalue weighted by atomic mass is 16.1. The van der Waals surface area contributed by atoms with Crippen molar-refractivity contribution >= 4 is 16.8 Å². The number of H-pyrrole nitrogens is 1. The van der Waals surface area contributed by atoms with Gasteiger partial charge in [0.05, 0.1) is 0 Å². The number of para-hydroxylation sites is 1. The molecule has 0 aliphatic rings. The van der Waals surface area contributed by atoms with Crippen LogP contribution in [-0.2, 0) is 17.6 Å². The molecule has 0 aliphatic carbocycles. The fourth-order valence-corrected chi connectivity index (χ4v) is 2.93. The summed E-state index contributed by atoms with van der Waals surface area (Å²) in [6, 6.07) is 17.8. The summed E-state index contributed by atoms with van der Waals surface area (Å²) in [7, 11) is 0. The molecule has 0 saturated heterocycles. The SMILES string of the molecule is Cc1cccc(CCNC(=O)CCc2cc3ccccc3[nH]c2=O)c1. The van der Waals surface area contributed by atoms with Crippen LogP contribution >= 0.6 is 0 Å². The van der Waals surface area contributed by atoms with Gasteiger partial charge in [0.2, 0.25) is 5.91 Å². The number of benzene rings is 2. The Bertz CT molecular complexity index is 944. The van der Waals surface area contributed by atoms with E-state index in [4.69, 9.17) is 0 Å². The van der Waals surface area contributed by atoms with Crippen molar-refractivity contribution < 1.29 is 4.79 Å². The van der Waals surface area contributed by atoms with Crippen LogP contribution in [0.2, 0.25) is 0 Å². The van der Waals surface area contributed by atoms with E-state index in [1.807, 2.05) is 36.4 Å². The van der Waals surface area contributed by atoms with E-state index in [9.17, 15) is 9.59 Å². The van der Waals surface area contributed by atoms with E-state index in [1.165, 1.54) is 11.1 Å². The van der Waals surface area contributed by atoms with Crippen LogP contribution in [0.4, 0.5) is 0 Å². The van der Waals surface area contributed by atoms with Crippen LogP contribution in [0.1, 0.15) is 23.1 Å². The fraction of sp³-hybridized carbons (Fsp3) is 0.238. The first-order valence-corrected chi connectivity index (χ1v) is 8.55. The van der Waals surface area contributed by atoms with Crippen molar-refractivity contribution in [3.05, 3.63) is 81.6 Å². The molecule has 0 saturated carbocycles. The smallest absolute Gasteiger partial charge is 0.251 e. The summed E-state index contributed by atoms with van der Waals surface area (Å²) in [6.07, 6.45) is 1.57. The topological polar surface area (TPSA) is 62.0 Å². The molecule has 0 radical (unpaired) electrons. The number of nitrogens with one attached hydrogen (secondary N) is 2. The van der Waals surface area contributed by atoms with Gasteiger partial charge < -0.3 is 10.3 Å². The summed E-state index contributed by atoms with van der Waals surface area (Å²) >= 11 is 0. The maximum atomic E-state index is 12.1. The van der Waals surface area contributed by atoms with Gasteiger partial charge in [-0.05, 0) is 42.8 Å². The molecular weight excluding hydrogens is 312 g/mol. The lowest BCUT2D eigenvalue weighted by atomic mass is 10.1. The number of carbonyl (C=O) groups is 1. The number of hydrogen-bond acceptors (Lipinski definition) is 2. The summed E-state index contributed by atoms with van der Waals surface area (Å²) in [5.74, 6) is -0.0276. The zero-order chi connectivity index (χ0) is 17.6. The third-order valence-corrected chi connectivity index (χ3v) is 4.27. The largest absolute Gasteiger partial charge is 0.356 e. The van der Waals surface area contributed by atoms with Gasteiger partial charge in [-0.2, -0.15) is 0 Å². The Balaban J connectivity index is 1.52. The van der Waals surface area contributed by atoms with Crippen LogP contribution in [0.3, 0.4) is 0 Å². The third-order valence-electron chi connectivity index (χ3n) is 4.27. The molecule has 4 nitrogen and oxygen atoms in total. The molecule has 4 heteroatoms.